The third-order valence-corrected chi connectivity index (χ3v) is 3.92. The molecule has 1 aromatic carbocycles. The number of carbonyl (C=O) groups excluding carboxylic acids is 1. The highest BCUT2D eigenvalue weighted by atomic mass is 32.2. The molecule has 0 fully saturated rings. The van der Waals surface area contributed by atoms with E-state index in [-0.39, 0.29) is 6.04 Å². The fraction of sp³-hybridized carbons (Fsp3) is 0.417. The molecule has 94 valence electrons. The van der Waals surface area contributed by atoms with Crippen LogP contribution >= 0.6 is 0 Å². The van der Waals surface area contributed by atoms with E-state index in [1.165, 1.54) is 0 Å². The lowest BCUT2D eigenvalue weighted by Gasteiger charge is -2.08. The minimum absolute atomic E-state index is 0.0685. The maximum Gasteiger partial charge on any atom is 0.248 e. The summed E-state index contributed by atoms with van der Waals surface area (Å²) in [5.41, 5.74) is 13.2. The van der Waals surface area contributed by atoms with Gasteiger partial charge in [0.05, 0.1) is 0 Å². The fourth-order valence-corrected chi connectivity index (χ4v) is 2.91. The molecule has 0 spiro atoms. The van der Waals surface area contributed by atoms with Crippen LogP contribution in [0.4, 0.5) is 0 Å². The van der Waals surface area contributed by atoms with E-state index >= 15 is 0 Å². The summed E-state index contributed by atoms with van der Waals surface area (Å²) >= 11 is 0. The average molecular weight is 254 g/mol. The van der Waals surface area contributed by atoms with Gasteiger partial charge in [0, 0.05) is 33.9 Å². The van der Waals surface area contributed by atoms with E-state index in [4.69, 9.17) is 11.5 Å². The van der Waals surface area contributed by atoms with Crippen LogP contribution in [0.3, 0.4) is 0 Å². The lowest BCUT2D eigenvalue weighted by atomic mass is 10.1. The molecule has 4 nitrogen and oxygen atoms in total. The van der Waals surface area contributed by atoms with E-state index in [1.807, 2.05) is 13.8 Å². The first-order chi connectivity index (χ1) is 7.90. The summed E-state index contributed by atoms with van der Waals surface area (Å²) < 4.78 is 11.7. The van der Waals surface area contributed by atoms with E-state index in [9.17, 15) is 9.00 Å². The summed E-state index contributed by atoms with van der Waals surface area (Å²) in [6, 6.07) is 5.12. The molecule has 0 aliphatic carbocycles. The van der Waals surface area contributed by atoms with Gasteiger partial charge in [-0.2, -0.15) is 0 Å². The first-order valence-electron chi connectivity index (χ1n) is 5.40. The second kappa shape index (κ2) is 5.93. The van der Waals surface area contributed by atoms with Crippen LogP contribution in [0.5, 0.6) is 0 Å². The third kappa shape index (κ3) is 4.28. The number of aryl methyl sites for hydroxylation is 1. The third-order valence-electron chi connectivity index (χ3n) is 2.39. The van der Waals surface area contributed by atoms with Crippen molar-refractivity contribution in [2.24, 2.45) is 11.5 Å². The van der Waals surface area contributed by atoms with Gasteiger partial charge in [-0.25, -0.2) is 0 Å². The molecule has 0 bridgehead atoms. The number of hydrogen-bond donors (Lipinski definition) is 2. The van der Waals surface area contributed by atoms with Crippen LogP contribution < -0.4 is 11.5 Å². The summed E-state index contributed by atoms with van der Waals surface area (Å²) in [5, 5.41) is 0. The zero-order valence-electron chi connectivity index (χ0n) is 10.1. The number of carbonyl (C=O) groups is 1. The van der Waals surface area contributed by atoms with Gasteiger partial charge in [-0.3, -0.25) is 9.00 Å². The van der Waals surface area contributed by atoms with Crippen molar-refractivity contribution in [3.8, 4) is 0 Å². The Morgan fingerprint density at radius 3 is 2.59 bits per heavy atom. The number of amides is 1. The summed E-state index contributed by atoms with van der Waals surface area (Å²) in [4.78, 5) is 11.0. The minimum atomic E-state index is -0.970. The van der Waals surface area contributed by atoms with Crippen LogP contribution in [0.1, 0.15) is 28.4 Å². The predicted octanol–water partition coefficient (Wildman–Crippen LogP) is 0.690. The van der Waals surface area contributed by atoms with Gasteiger partial charge in [-0.1, -0.05) is 6.07 Å². The molecule has 2 atom stereocenters. The Balaban J connectivity index is 2.79. The zero-order valence-corrected chi connectivity index (χ0v) is 10.9. The molecule has 0 radical (unpaired) electrons. The van der Waals surface area contributed by atoms with Gasteiger partial charge in [0.1, 0.15) is 0 Å². The molecule has 0 aliphatic heterocycles. The second-order valence-electron chi connectivity index (χ2n) is 4.23. The van der Waals surface area contributed by atoms with Crippen molar-refractivity contribution in [2.45, 2.75) is 25.6 Å². The summed E-state index contributed by atoms with van der Waals surface area (Å²) in [6.45, 7) is 3.71. The number of primary amides is 1. The van der Waals surface area contributed by atoms with Crippen LogP contribution in [0.15, 0.2) is 18.2 Å². The highest BCUT2D eigenvalue weighted by Crippen LogP contribution is 2.13. The molecule has 2 unspecified atom stereocenters. The van der Waals surface area contributed by atoms with Crippen LogP contribution in [0, 0.1) is 6.92 Å². The lowest BCUT2D eigenvalue weighted by molar-refractivity contribution is 0.1000. The number of nitrogens with two attached hydrogens (primary N) is 2. The minimum Gasteiger partial charge on any atom is -0.366 e. The van der Waals surface area contributed by atoms with Crippen molar-refractivity contribution < 1.29 is 9.00 Å². The van der Waals surface area contributed by atoms with Crippen molar-refractivity contribution in [1.29, 1.82) is 0 Å². The van der Waals surface area contributed by atoms with E-state index < -0.39 is 16.7 Å². The largest absolute Gasteiger partial charge is 0.366 e. The normalized spacial score (nSPS) is 14.3. The lowest BCUT2D eigenvalue weighted by Crippen LogP contribution is -2.23. The van der Waals surface area contributed by atoms with E-state index in [2.05, 4.69) is 0 Å². The fourth-order valence-electron chi connectivity index (χ4n) is 1.54. The van der Waals surface area contributed by atoms with Gasteiger partial charge in [-0.15, -0.1) is 0 Å². The second-order valence-corrected chi connectivity index (χ2v) is 5.74. The molecule has 1 aromatic rings. The molecule has 0 aromatic heterocycles. The summed E-state index contributed by atoms with van der Waals surface area (Å²) in [7, 11) is -0.970. The van der Waals surface area contributed by atoms with Crippen molar-refractivity contribution in [2.75, 3.05) is 5.75 Å². The van der Waals surface area contributed by atoms with E-state index in [0.29, 0.717) is 17.1 Å². The van der Waals surface area contributed by atoms with Gasteiger partial charge in [0.2, 0.25) is 5.91 Å². The molecular weight excluding hydrogens is 236 g/mol. The first-order valence-corrected chi connectivity index (χ1v) is 6.89. The first kappa shape index (κ1) is 13.9. The molecule has 0 aliphatic rings. The number of rotatable bonds is 5. The Kier molecular flexibility index (Phi) is 4.84. The summed E-state index contributed by atoms with van der Waals surface area (Å²) in [5.74, 6) is 0.500. The molecule has 0 heterocycles. The SMILES string of the molecule is Cc1cc(C(N)=O)ccc1CS(=O)CC(C)N. The molecule has 1 amide bonds. The molecule has 0 saturated heterocycles. The topological polar surface area (TPSA) is 86.2 Å². The Morgan fingerprint density at radius 2 is 2.12 bits per heavy atom. The Morgan fingerprint density at radius 1 is 1.47 bits per heavy atom. The van der Waals surface area contributed by atoms with Crippen LogP contribution in [0.2, 0.25) is 0 Å². The van der Waals surface area contributed by atoms with Gasteiger partial charge in [0.15, 0.2) is 0 Å². The molecule has 4 N–H and O–H groups in total. The molecular formula is C12H18N2O2S. The molecule has 5 heteroatoms. The maximum absolute atomic E-state index is 11.7. The van der Waals surface area contributed by atoms with Crippen molar-refractivity contribution >= 4 is 16.7 Å². The maximum atomic E-state index is 11.7. The van der Waals surface area contributed by atoms with E-state index in [0.717, 1.165) is 11.1 Å². The highest BCUT2D eigenvalue weighted by Gasteiger charge is 2.08. The Bertz CT molecular complexity index is 444. The quantitative estimate of drug-likeness (QED) is 0.810. The number of benzene rings is 1. The van der Waals surface area contributed by atoms with Gasteiger partial charge >= 0.3 is 0 Å². The van der Waals surface area contributed by atoms with Gasteiger partial charge in [-0.05, 0) is 37.1 Å². The van der Waals surface area contributed by atoms with Crippen molar-refractivity contribution in [3.05, 3.63) is 34.9 Å². The smallest absolute Gasteiger partial charge is 0.248 e. The van der Waals surface area contributed by atoms with Gasteiger partial charge in [0.25, 0.3) is 0 Å². The van der Waals surface area contributed by atoms with E-state index in [1.54, 1.807) is 18.2 Å². The standard InChI is InChI=1S/C12H18N2O2S/c1-8-5-10(12(14)15)3-4-11(8)7-17(16)6-9(2)13/h3-5,9H,6-7,13H2,1-2H3,(H2,14,15). The van der Waals surface area contributed by atoms with Crippen molar-refractivity contribution in [3.63, 3.8) is 0 Å². The molecule has 1 rings (SSSR count). The zero-order chi connectivity index (χ0) is 13.0. The Hall–Kier alpha value is -1.20. The number of hydrogen-bond acceptors (Lipinski definition) is 3. The average Bonchev–Trinajstić information content (AvgIpc) is 2.19. The Labute approximate surface area is 104 Å². The summed E-state index contributed by atoms with van der Waals surface area (Å²) in [6.07, 6.45) is 0. The van der Waals surface area contributed by atoms with Crippen LogP contribution in [0.25, 0.3) is 0 Å². The van der Waals surface area contributed by atoms with Crippen LogP contribution in [-0.2, 0) is 16.6 Å². The van der Waals surface area contributed by atoms with Crippen LogP contribution in [-0.4, -0.2) is 21.9 Å². The molecule has 0 saturated carbocycles. The highest BCUT2D eigenvalue weighted by molar-refractivity contribution is 7.84. The predicted molar refractivity (Wildman–Crippen MR) is 70.1 cm³/mol. The monoisotopic (exact) mass is 254 g/mol. The van der Waals surface area contributed by atoms with Gasteiger partial charge < -0.3 is 11.5 Å². The van der Waals surface area contributed by atoms with Crippen molar-refractivity contribution in [1.82, 2.24) is 0 Å². The molecule has 17 heavy (non-hydrogen) atoms.